The van der Waals surface area contributed by atoms with Gasteiger partial charge in [-0.1, -0.05) is 12.8 Å². The van der Waals surface area contributed by atoms with E-state index in [-0.39, 0.29) is 18.3 Å². The van der Waals surface area contributed by atoms with Crippen LogP contribution in [0.25, 0.3) is 0 Å². The number of nitrogens with two attached hydrogens (primary N) is 1. The van der Waals surface area contributed by atoms with E-state index in [0.29, 0.717) is 12.5 Å². The molecule has 2 rings (SSSR count). The lowest BCUT2D eigenvalue weighted by Gasteiger charge is -2.15. The van der Waals surface area contributed by atoms with E-state index in [1.807, 2.05) is 10.7 Å². The summed E-state index contributed by atoms with van der Waals surface area (Å²) in [4.78, 5) is 11.9. The molecular formula is C15H27ClN4O. The fourth-order valence-electron chi connectivity index (χ4n) is 2.50. The van der Waals surface area contributed by atoms with Crippen molar-refractivity contribution in [2.45, 2.75) is 57.9 Å². The van der Waals surface area contributed by atoms with Crippen molar-refractivity contribution in [1.82, 2.24) is 9.78 Å². The van der Waals surface area contributed by atoms with E-state index < -0.39 is 0 Å². The highest BCUT2D eigenvalue weighted by atomic mass is 35.5. The van der Waals surface area contributed by atoms with E-state index >= 15 is 0 Å². The number of rotatable bonds is 9. The molecule has 1 atom stereocenters. The number of amides is 1. The zero-order chi connectivity index (χ0) is 14.4. The number of nitrogens with one attached hydrogen (secondary N) is 1. The molecule has 0 aromatic carbocycles. The first-order valence-corrected chi connectivity index (χ1v) is 7.76. The molecule has 120 valence electrons. The summed E-state index contributed by atoms with van der Waals surface area (Å²) in [5, 5.41) is 7.32. The Kier molecular flexibility index (Phi) is 7.75. The molecule has 0 radical (unpaired) electrons. The Labute approximate surface area is 133 Å². The molecule has 6 heteroatoms. The lowest BCUT2D eigenvalue weighted by atomic mass is 10.1. The minimum atomic E-state index is 0. The van der Waals surface area contributed by atoms with Crippen LogP contribution in [0.2, 0.25) is 0 Å². The largest absolute Gasteiger partial charge is 0.330 e. The number of hydrogen-bond donors (Lipinski definition) is 2. The van der Waals surface area contributed by atoms with Crippen molar-refractivity contribution < 1.29 is 4.79 Å². The Hall–Kier alpha value is -1.07. The molecule has 0 aliphatic heterocycles. The van der Waals surface area contributed by atoms with Crippen LogP contribution in [0.1, 0.15) is 57.9 Å². The first-order valence-electron chi connectivity index (χ1n) is 7.76. The van der Waals surface area contributed by atoms with Crippen molar-refractivity contribution in [3.63, 3.8) is 0 Å². The number of aromatic nitrogens is 2. The van der Waals surface area contributed by atoms with E-state index in [4.69, 9.17) is 5.73 Å². The van der Waals surface area contributed by atoms with E-state index in [1.165, 1.54) is 12.8 Å². The number of halogens is 1. The van der Waals surface area contributed by atoms with Crippen LogP contribution in [0.3, 0.4) is 0 Å². The second-order valence-electron chi connectivity index (χ2n) is 5.74. The van der Waals surface area contributed by atoms with Gasteiger partial charge in [0, 0.05) is 12.5 Å². The van der Waals surface area contributed by atoms with Gasteiger partial charge in [0.15, 0.2) is 0 Å². The average Bonchev–Trinajstić information content (AvgIpc) is 3.18. The summed E-state index contributed by atoms with van der Waals surface area (Å²) in [6, 6.07) is 2.26. The van der Waals surface area contributed by atoms with Crippen molar-refractivity contribution in [2.24, 2.45) is 11.7 Å². The molecule has 1 aliphatic carbocycles. The molecule has 1 aromatic heterocycles. The quantitative estimate of drug-likeness (QED) is 0.688. The molecule has 3 N–H and O–H groups in total. The van der Waals surface area contributed by atoms with Crippen LogP contribution in [0, 0.1) is 5.92 Å². The monoisotopic (exact) mass is 314 g/mol. The highest BCUT2D eigenvalue weighted by Gasteiger charge is 2.30. The normalized spacial score (nSPS) is 15.3. The minimum Gasteiger partial charge on any atom is -0.330 e. The molecule has 1 unspecified atom stereocenters. The van der Waals surface area contributed by atoms with Gasteiger partial charge in [-0.15, -0.1) is 12.4 Å². The highest BCUT2D eigenvalue weighted by molar-refractivity contribution is 5.89. The van der Waals surface area contributed by atoms with Gasteiger partial charge in [0.1, 0.15) is 5.82 Å². The van der Waals surface area contributed by atoms with Crippen LogP contribution in [-0.2, 0) is 4.79 Å². The summed E-state index contributed by atoms with van der Waals surface area (Å²) in [5.74, 6) is 1.64. The maximum absolute atomic E-state index is 11.9. The third-order valence-electron chi connectivity index (χ3n) is 3.99. The molecule has 0 bridgehead atoms. The van der Waals surface area contributed by atoms with E-state index in [1.54, 1.807) is 6.20 Å². The molecule has 5 nitrogen and oxygen atoms in total. The average molecular weight is 315 g/mol. The third kappa shape index (κ3) is 5.67. The maximum atomic E-state index is 11.9. The summed E-state index contributed by atoms with van der Waals surface area (Å²) in [5.41, 5.74) is 5.45. The van der Waals surface area contributed by atoms with Crippen molar-refractivity contribution in [3.8, 4) is 0 Å². The summed E-state index contributed by atoms with van der Waals surface area (Å²) >= 11 is 0. The van der Waals surface area contributed by atoms with E-state index in [0.717, 1.165) is 44.0 Å². The van der Waals surface area contributed by atoms with Gasteiger partial charge in [-0.3, -0.25) is 4.79 Å². The number of nitrogens with zero attached hydrogens (tertiary/aromatic N) is 2. The molecule has 0 spiro atoms. The minimum absolute atomic E-state index is 0. The van der Waals surface area contributed by atoms with Crippen LogP contribution in [0.15, 0.2) is 12.3 Å². The number of carbonyl (C=O) groups excluding carboxylic acids is 1. The molecular weight excluding hydrogens is 288 g/mol. The molecule has 0 saturated heterocycles. The first kappa shape index (κ1) is 18.0. The number of anilines is 1. The molecule has 1 fully saturated rings. The predicted octanol–water partition coefficient (Wildman–Crippen LogP) is 3.12. The molecule has 1 heterocycles. The van der Waals surface area contributed by atoms with Gasteiger partial charge in [0.25, 0.3) is 0 Å². The van der Waals surface area contributed by atoms with E-state index in [9.17, 15) is 4.79 Å². The highest BCUT2D eigenvalue weighted by Crippen LogP contribution is 2.40. The van der Waals surface area contributed by atoms with Crippen LogP contribution >= 0.6 is 12.4 Å². The Morgan fingerprint density at radius 2 is 2.14 bits per heavy atom. The van der Waals surface area contributed by atoms with Crippen molar-refractivity contribution in [3.05, 3.63) is 12.3 Å². The Balaban J connectivity index is 0.00000220. The first-order chi connectivity index (χ1) is 9.72. The van der Waals surface area contributed by atoms with Crippen LogP contribution < -0.4 is 11.1 Å². The lowest BCUT2D eigenvalue weighted by molar-refractivity contribution is -0.116. The number of hydrogen-bond acceptors (Lipinski definition) is 3. The van der Waals surface area contributed by atoms with Crippen molar-refractivity contribution in [2.75, 3.05) is 11.9 Å². The molecule has 1 aliphatic rings. The summed E-state index contributed by atoms with van der Waals surface area (Å²) in [6.07, 6.45) is 9.04. The lowest BCUT2D eigenvalue weighted by Crippen LogP contribution is -2.18. The molecule has 1 amide bonds. The van der Waals surface area contributed by atoms with Gasteiger partial charge < -0.3 is 11.1 Å². The van der Waals surface area contributed by atoms with Gasteiger partial charge >= 0.3 is 0 Å². The Morgan fingerprint density at radius 3 is 2.81 bits per heavy atom. The molecule has 1 aromatic rings. The SMILES string of the molecule is CC(C1CC1)n1nccc1NC(=O)CCCCCCN.Cl. The maximum Gasteiger partial charge on any atom is 0.225 e. The van der Waals surface area contributed by atoms with Gasteiger partial charge in [-0.25, -0.2) is 4.68 Å². The zero-order valence-corrected chi connectivity index (χ0v) is 13.6. The Bertz CT molecular complexity index is 431. The molecule has 21 heavy (non-hydrogen) atoms. The van der Waals surface area contributed by atoms with Gasteiger partial charge in [0.2, 0.25) is 5.91 Å². The van der Waals surface area contributed by atoms with Gasteiger partial charge in [-0.05, 0) is 45.1 Å². The topological polar surface area (TPSA) is 72.9 Å². The summed E-state index contributed by atoms with van der Waals surface area (Å²) < 4.78 is 1.95. The van der Waals surface area contributed by atoms with Crippen LogP contribution in [-0.4, -0.2) is 22.2 Å². The van der Waals surface area contributed by atoms with Crippen LogP contribution in [0.4, 0.5) is 5.82 Å². The van der Waals surface area contributed by atoms with Crippen LogP contribution in [0.5, 0.6) is 0 Å². The third-order valence-corrected chi connectivity index (χ3v) is 3.99. The van der Waals surface area contributed by atoms with Gasteiger partial charge in [-0.2, -0.15) is 5.10 Å². The summed E-state index contributed by atoms with van der Waals surface area (Å²) in [6.45, 7) is 2.91. The smallest absolute Gasteiger partial charge is 0.225 e. The fourth-order valence-corrected chi connectivity index (χ4v) is 2.50. The molecule has 1 saturated carbocycles. The van der Waals surface area contributed by atoms with Gasteiger partial charge in [0.05, 0.1) is 12.2 Å². The Morgan fingerprint density at radius 1 is 1.43 bits per heavy atom. The summed E-state index contributed by atoms with van der Waals surface area (Å²) in [7, 11) is 0. The predicted molar refractivity (Wildman–Crippen MR) is 87.7 cm³/mol. The standard InChI is InChI=1S/C15H26N4O.ClH/c1-12(13-7-8-13)19-14(9-11-17-19)18-15(20)6-4-2-3-5-10-16;/h9,11-13H,2-8,10,16H2,1H3,(H,18,20);1H. The second-order valence-corrected chi connectivity index (χ2v) is 5.74. The van der Waals surface area contributed by atoms with E-state index in [2.05, 4.69) is 17.3 Å². The van der Waals surface area contributed by atoms with Crippen molar-refractivity contribution >= 4 is 24.1 Å². The number of carbonyl (C=O) groups is 1. The number of unbranched alkanes of at least 4 members (excludes halogenated alkanes) is 3. The fraction of sp³-hybridized carbons (Fsp3) is 0.733. The zero-order valence-electron chi connectivity index (χ0n) is 12.8. The van der Waals surface area contributed by atoms with Crippen molar-refractivity contribution in [1.29, 1.82) is 0 Å². The second kappa shape index (κ2) is 9.05.